The van der Waals surface area contributed by atoms with Crippen LogP contribution in [-0.2, 0) is 9.53 Å². The van der Waals surface area contributed by atoms with Crippen molar-refractivity contribution in [2.45, 2.75) is 19.8 Å². The smallest absolute Gasteiger partial charge is 0.238 e. The SMILES string of the molecule is COCC1CCN(CC(=O)Nc2ccc(N)cc2C)CC1. The molecule has 2 rings (SSSR count). The highest BCUT2D eigenvalue weighted by atomic mass is 16.5. The fraction of sp³-hybridized carbons (Fsp3) is 0.562. The number of rotatable bonds is 5. The summed E-state index contributed by atoms with van der Waals surface area (Å²) in [5.74, 6) is 0.668. The lowest BCUT2D eigenvalue weighted by Gasteiger charge is -2.31. The number of nitrogen functional groups attached to an aromatic ring is 1. The van der Waals surface area contributed by atoms with Gasteiger partial charge < -0.3 is 15.8 Å². The zero-order valence-corrected chi connectivity index (χ0v) is 12.9. The first-order chi connectivity index (χ1) is 10.1. The first-order valence-corrected chi connectivity index (χ1v) is 7.45. The summed E-state index contributed by atoms with van der Waals surface area (Å²) < 4.78 is 5.19. The Morgan fingerprint density at radius 1 is 1.43 bits per heavy atom. The number of amides is 1. The maximum Gasteiger partial charge on any atom is 0.238 e. The number of aryl methyl sites for hydroxylation is 1. The molecular weight excluding hydrogens is 266 g/mol. The number of benzene rings is 1. The van der Waals surface area contributed by atoms with Gasteiger partial charge in [-0.05, 0) is 62.5 Å². The summed E-state index contributed by atoms with van der Waals surface area (Å²) in [5.41, 5.74) is 8.25. The van der Waals surface area contributed by atoms with E-state index in [2.05, 4.69) is 10.2 Å². The highest BCUT2D eigenvalue weighted by Gasteiger charge is 2.20. The van der Waals surface area contributed by atoms with Gasteiger partial charge in [0.25, 0.3) is 0 Å². The van der Waals surface area contributed by atoms with Crippen molar-refractivity contribution in [2.75, 3.05) is 44.4 Å². The Labute approximate surface area is 126 Å². The molecule has 5 heteroatoms. The van der Waals surface area contributed by atoms with Gasteiger partial charge in [-0.25, -0.2) is 0 Å². The van der Waals surface area contributed by atoms with Crippen LogP contribution in [0.2, 0.25) is 0 Å². The largest absolute Gasteiger partial charge is 0.399 e. The molecule has 1 amide bonds. The average Bonchev–Trinajstić information content (AvgIpc) is 2.44. The van der Waals surface area contributed by atoms with E-state index in [9.17, 15) is 4.79 Å². The second-order valence-corrected chi connectivity index (χ2v) is 5.80. The van der Waals surface area contributed by atoms with Crippen LogP contribution in [0, 0.1) is 12.8 Å². The minimum atomic E-state index is 0.0352. The zero-order chi connectivity index (χ0) is 15.2. The topological polar surface area (TPSA) is 67.6 Å². The van der Waals surface area contributed by atoms with E-state index < -0.39 is 0 Å². The summed E-state index contributed by atoms with van der Waals surface area (Å²) >= 11 is 0. The minimum Gasteiger partial charge on any atom is -0.399 e. The molecule has 1 saturated heterocycles. The summed E-state index contributed by atoms with van der Waals surface area (Å²) in [6.07, 6.45) is 2.20. The maximum absolute atomic E-state index is 12.1. The first kappa shape index (κ1) is 15.8. The highest BCUT2D eigenvalue weighted by Crippen LogP contribution is 2.19. The van der Waals surface area contributed by atoms with Crippen molar-refractivity contribution in [2.24, 2.45) is 5.92 Å². The van der Waals surface area contributed by atoms with Crippen LogP contribution in [0.25, 0.3) is 0 Å². The lowest BCUT2D eigenvalue weighted by atomic mass is 9.98. The number of nitrogens with one attached hydrogen (secondary N) is 1. The third-order valence-electron chi connectivity index (χ3n) is 4.00. The van der Waals surface area contributed by atoms with Gasteiger partial charge in [-0.1, -0.05) is 0 Å². The number of nitrogens with zero attached hydrogens (tertiary/aromatic N) is 1. The molecule has 0 saturated carbocycles. The van der Waals surface area contributed by atoms with E-state index in [0.717, 1.165) is 43.8 Å². The maximum atomic E-state index is 12.1. The molecule has 0 radical (unpaired) electrons. The van der Waals surface area contributed by atoms with Gasteiger partial charge in [0, 0.05) is 25.1 Å². The van der Waals surface area contributed by atoms with Crippen LogP contribution < -0.4 is 11.1 Å². The van der Waals surface area contributed by atoms with E-state index in [1.807, 2.05) is 19.1 Å². The standard InChI is InChI=1S/C16H25N3O2/c1-12-9-14(17)3-4-15(12)18-16(20)10-19-7-5-13(6-8-19)11-21-2/h3-4,9,13H,5-8,10-11,17H2,1-2H3,(H,18,20). The van der Waals surface area contributed by atoms with E-state index in [1.54, 1.807) is 13.2 Å². The molecule has 0 atom stereocenters. The number of carbonyl (C=O) groups excluding carboxylic acids is 1. The second kappa shape index (κ2) is 7.43. The summed E-state index contributed by atoms with van der Waals surface area (Å²) in [6.45, 7) is 5.14. The Kier molecular flexibility index (Phi) is 5.59. The van der Waals surface area contributed by atoms with Crippen LogP contribution in [0.3, 0.4) is 0 Å². The van der Waals surface area contributed by atoms with Gasteiger partial charge in [0.05, 0.1) is 6.54 Å². The van der Waals surface area contributed by atoms with Gasteiger partial charge in [-0.2, -0.15) is 0 Å². The van der Waals surface area contributed by atoms with Crippen LogP contribution in [0.4, 0.5) is 11.4 Å². The minimum absolute atomic E-state index is 0.0352. The van der Waals surface area contributed by atoms with E-state index in [0.29, 0.717) is 18.2 Å². The van der Waals surface area contributed by atoms with Crippen molar-refractivity contribution in [3.63, 3.8) is 0 Å². The lowest BCUT2D eigenvalue weighted by molar-refractivity contribution is -0.117. The molecule has 0 aliphatic carbocycles. The second-order valence-electron chi connectivity index (χ2n) is 5.80. The number of nitrogens with two attached hydrogens (primary N) is 1. The van der Waals surface area contributed by atoms with Crippen molar-refractivity contribution >= 4 is 17.3 Å². The van der Waals surface area contributed by atoms with Crippen LogP contribution in [-0.4, -0.2) is 44.2 Å². The number of anilines is 2. The Balaban J connectivity index is 1.80. The average molecular weight is 291 g/mol. The molecule has 0 aromatic heterocycles. The Morgan fingerprint density at radius 3 is 2.76 bits per heavy atom. The Bertz CT molecular complexity index is 482. The molecule has 5 nitrogen and oxygen atoms in total. The number of hydrogen-bond donors (Lipinski definition) is 2. The molecule has 1 heterocycles. The zero-order valence-electron chi connectivity index (χ0n) is 12.9. The molecule has 0 spiro atoms. The lowest BCUT2D eigenvalue weighted by Crippen LogP contribution is -2.40. The third-order valence-corrected chi connectivity index (χ3v) is 4.00. The third kappa shape index (κ3) is 4.72. The van der Waals surface area contributed by atoms with E-state index in [4.69, 9.17) is 10.5 Å². The molecule has 1 fully saturated rings. The van der Waals surface area contributed by atoms with Gasteiger partial charge in [0.1, 0.15) is 0 Å². The normalized spacial score (nSPS) is 16.9. The molecule has 1 aliphatic rings. The van der Waals surface area contributed by atoms with Crippen LogP contribution in [0.5, 0.6) is 0 Å². The number of piperidine rings is 1. The molecule has 1 aliphatic heterocycles. The van der Waals surface area contributed by atoms with Gasteiger partial charge in [0.15, 0.2) is 0 Å². The van der Waals surface area contributed by atoms with E-state index >= 15 is 0 Å². The molecular formula is C16H25N3O2. The molecule has 0 unspecified atom stereocenters. The molecule has 0 bridgehead atoms. The summed E-state index contributed by atoms with van der Waals surface area (Å²) in [5, 5.41) is 2.96. The molecule has 116 valence electrons. The summed E-state index contributed by atoms with van der Waals surface area (Å²) in [4.78, 5) is 14.3. The van der Waals surface area contributed by atoms with Crippen LogP contribution >= 0.6 is 0 Å². The summed E-state index contributed by atoms with van der Waals surface area (Å²) in [7, 11) is 1.74. The number of carbonyl (C=O) groups is 1. The van der Waals surface area contributed by atoms with Gasteiger partial charge in [-0.15, -0.1) is 0 Å². The van der Waals surface area contributed by atoms with Crippen molar-refractivity contribution < 1.29 is 9.53 Å². The quantitative estimate of drug-likeness (QED) is 0.813. The molecule has 1 aromatic rings. The summed E-state index contributed by atoms with van der Waals surface area (Å²) in [6, 6.07) is 5.53. The van der Waals surface area contributed by atoms with Crippen molar-refractivity contribution in [3.05, 3.63) is 23.8 Å². The van der Waals surface area contributed by atoms with Gasteiger partial charge in [0.2, 0.25) is 5.91 Å². The Morgan fingerprint density at radius 2 is 2.14 bits per heavy atom. The first-order valence-electron chi connectivity index (χ1n) is 7.45. The predicted octanol–water partition coefficient (Wildman–Crippen LogP) is 1.87. The molecule has 1 aromatic carbocycles. The van der Waals surface area contributed by atoms with Crippen LogP contribution in [0.1, 0.15) is 18.4 Å². The fourth-order valence-corrected chi connectivity index (χ4v) is 2.77. The highest BCUT2D eigenvalue weighted by molar-refractivity contribution is 5.93. The van der Waals surface area contributed by atoms with E-state index in [1.165, 1.54) is 0 Å². The number of likely N-dealkylation sites (tertiary alicyclic amines) is 1. The fourth-order valence-electron chi connectivity index (χ4n) is 2.77. The Hall–Kier alpha value is -1.59. The van der Waals surface area contributed by atoms with Gasteiger partial charge in [-0.3, -0.25) is 9.69 Å². The van der Waals surface area contributed by atoms with Crippen molar-refractivity contribution in [1.82, 2.24) is 4.90 Å². The predicted molar refractivity (Wildman–Crippen MR) is 85.3 cm³/mol. The monoisotopic (exact) mass is 291 g/mol. The molecule has 3 N–H and O–H groups in total. The van der Waals surface area contributed by atoms with Crippen molar-refractivity contribution in [1.29, 1.82) is 0 Å². The van der Waals surface area contributed by atoms with Crippen LogP contribution in [0.15, 0.2) is 18.2 Å². The number of ether oxygens (including phenoxy) is 1. The number of methoxy groups -OCH3 is 1. The van der Waals surface area contributed by atoms with Gasteiger partial charge >= 0.3 is 0 Å². The van der Waals surface area contributed by atoms with Crippen molar-refractivity contribution in [3.8, 4) is 0 Å². The molecule has 21 heavy (non-hydrogen) atoms. The number of hydrogen-bond acceptors (Lipinski definition) is 4. The van der Waals surface area contributed by atoms with E-state index in [-0.39, 0.29) is 5.91 Å².